The lowest BCUT2D eigenvalue weighted by Gasteiger charge is -2.32. The summed E-state index contributed by atoms with van der Waals surface area (Å²) in [4.78, 5) is 6.65. The summed E-state index contributed by atoms with van der Waals surface area (Å²) in [5, 5.41) is 10.6. The zero-order valence-electron chi connectivity index (χ0n) is 11.6. The maximum absolute atomic E-state index is 4.38. The SMILES string of the molecule is Brc1ccc(N=NN2CCN(c3ccccn3)CC2)cc1. The summed E-state index contributed by atoms with van der Waals surface area (Å²) in [5.41, 5.74) is 0.866. The number of nitrogens with zero attached hydrogens (tertiary/aromatic N) is 5. The maximum atomic E-state index is 4.38. The summed E-state index contributed by atoms with van der Waals surface area (Å²) in [6.45, 7) is 3.54. The third-order valence-corrected chi connectivity index (χ3v) is 3.87. The number of hydrogen-bond donors (Lipinski definition) is 0. The van der Waals surface area contributed by atoms with Crippen LogP contribution in [0.1, 0.15) is 0 Å². The lowest BCUT2D eigenvalue weighted by molar-refractivity contribution is 0.253. The van der Waals surface area contributed by atoms with Crippen LogP contribution in [0.25, 0.3) is 0 Å². The molecule has 1 aliphatic heterocycles. The van der Waals surface area contributed by atoms with E-state index in [1.165, 1.54) is 0 Å². The number of piperazine rings is 1. The van der Waals surface area contributed by atoms with Gasteiger partial charge in [0.05, 0.1) is 18.8 Å². The molecule has 1 aromatic carbocycles. The molecular weight excluding hydrogens is 330 g/mol. The molecule has 0 bridgehead atoms. The molecule has 0 spiro atoms. The van der Waals surface area contributed by atoms with Gasteiger partial charge in [0.1, 0.15) is 5.82 Å². The fourth-order valence-electron chi connectivity index (χ4n) is 2.18. The van der Waals surface area contributed by atoms with Gasteiger partial charge in [0.25, 0.3) is 0 Å². The Labute approximate surface area is 132 Å². The third kappa shape index (κ3) is 3.78. The molecule has 2 heterocycles. The second-order valence-electron chi connectivity index (χ2n) is 4.79. The highest BCUT2D eigenvalue weighted by Gasteiger charge is 2.16. The van der Waals surface area contributed by atoms with Gasteiger partial charge in [-0.15, -0.1) is 5.11 Å². The van der Waals surface area contributed by atoms with Gasteiger partial charge in [-0.25, -0.2) is 4.98 Å². The molecule has 1 aromatic heterocycles. The fourth-order valence-corrected chi connectivity index (χ4v) is 2.44. The number of halogens is 1. The fraction of sp³-hybridized carbons (Fsp3) is 0.267. The molecule has 21 heavy (non-hydrogen) atoms. The Morgan fingerprint density at radius 2 is 1.71 bits per heavy atom. The van der Waals surface area contributed by atoms with Crippen LogP contribution < -0.4 is 4.90 Å². The highest BCUT2D eigenvalue weighted by molar-refractivity contribution is 9.10. The predicted octanol–water partition coefficient (Wildman–Crippen LogP) is 3.67. The van der Waals surface area contributed by atoms with Crippen LogP contribution in [0.2, 0.25) is 0 Å². The third-order valence-electron chi connectivity index (χ3n) is 3.34. The van der Waals surface area contributed by atoms with Crippen molar-refractivity contribution in [3.63, 3.8) is 0 Å². The second kappa shape index (κ2) is 6.67. The largest absolute Gasteiger partial charge is 0.353 e. The molecule has 0 amide bonds. The molecule has 1 saturated heterocycles. The van der Waals surface area contributed by atoms with Crippen LogP contribution in [0.4, 0.5) is 11.5 Å². The summed E-state index contributed by atoms with van der Waals surface area (Å²) in [5.74, 6) is 1.03. The van der Waals surface area contributed by atoms with Crippen LogP contribution in [0.15, 0.2) is 63.5 Å². The van der Waals surface area contributed by atoms with Crippen LogP contribution in [-0.2, 0) is 0 Å². The molecule has 3 rings (SSSR count). The van der Waals surface area contributed by atoms with Crippen molar-refractivity contribution < 1.29 is 0 Å². The summed E-state index contributed by atoms with van der Waals surface area (Å²) >= 11 is 3.41. The quantitative estimate of drug-likeness (QED) is 0.797. The van der Waals surface area contributed by atoms with Crippen LogP contribution in [0.3, 0.4) is 0 Å². The van der Waals surface area contributed by atoms with Crippen molar-refractivity contribution in [1.82, 2.24) is 9.99 Å². The number of hydrogen-bond acceptors (Lipinski definition) is 4. The van der Waals surface area contributed by atoms with E-state index in [0.29, 0.717) is 0 Å². The first-order valence-corrected chi connectivity index (χ1v) is 7.69. The average Bonchev–Trinajstić information content (AvgIpc) is 2.56. The van der Waals surface area contributed by atoms with Crippen molar-refractivity contribution in [2.75, 3.05) is 31.1 Å². The Morgan fingerprint density at radius 3 is 2.38 bits per heavy atom. The molecule has 0 saturated carbocycles. The molecule has 1 aliphatic rings. The monoisotopic (exact) mass is 345 g/mol. The van der Waals surface area contributed by atoms with Crippen molar-refractivity contribution >= 4 is 27.4 Å². The normalized spacial score (nSPS) is 15.7. The van der Waals surface area contributed by atoms with E-state index < -0.39 is 0 Å². The van der Waals surface area contributed by atoms with Gasteiger partial charge in [0.2, 0.25) is 0 Å². The lowest BCUT2D eigenvalue weighted by Crippen LogP contribution is -2.44. The Hall–Kier alpha value is -1.95. The Balaban J connectivity index is 1.55. The van der Waals surface area contributed by atoms with Crippen molar-refractivity contribution in [3.8, 4) is 0 Å². The van der Waals surface area contributed by atoms with Crippen molar-refractivity contribution in [2.24, 2.45) is 10.3 Å². The first-order valence-electron chi connectivity index (χ1n) is 6.89. The standard InChI is InChI=1S/C15H16BrN5/c16-13-4-6-14(7-5-13)18-19-21-11-9-20(10-12-21)15-3-1-2-8-17-15/h1-8H,9-12H2. The Morgan fingerprint density at radius 1 is 0.952 bits per heavy atom. The summed E-state index contributed by atoms with van der Waals surface area (Å²) in [7, 11) is 0. The maximum Gasteiger partial charge on any atom is 0.128 e. The first kappa shape index (κ1) is 14.0. The van der Waals surface area contributed by atoms with E-state index in [2.05, 4.69) is 36.2 Å². The highest BCUT2D eigenvalue weighted by Crippen LogP contribution is 2.18. The molecule has 2 aromatic rings. The summed E-state index contributed by atoms with van der Waals surface area (Å²) in [6, 6.07) is 13.8. The van der Waals surface area contributed by atoms with E-state index in [4.69, 9.17) is 0 Å². The topological polar surface area (TPSA) is 44.1 Å². The summed E-state index contributed by atoms with van der Waals surface area (Å²) in [6.07, 6.45) is 1.83. The summed E-state index contributed by atoms with van der Waals surface area (Å²) < 4.78 is 1.05. The molecular formula is C15H16BrN5. The highest BCUT2D eigenvalue weighted by atomic mass is 79.9. The molecule has 108 valence electrons. The van der Waals surface area contributed by atoms with E-state index in [9.17, 15) is 0 Å². The lowest BCUT2D eigenvalue weighted by atomic mass is 10.3. The molecule has 0 atom stereocenters. The van der Waals surface area contributed by atoms with Gasteiger partial charge in [-0.1, -0.05) is 27.2 Å². The number of anilines is 1. The second-order valence-corrected chi connectivity index (χ2v) is 5.71. The van der Waals surface area contributed by atoms with E-state index in [0.717, 1.165) is 42.2 Å². The number of rotatable bonds is 3. The minimum absolute atomic E-state index is 0.858. The van der Waals surface area contributed by atoms with Crippen molar-refractivity contribution in [2.45, 2.75) is 0 Å². The average molecular weight is 346 g/mol. The van der Waals surface area contributed by atoms with Crippen LogP contribution in [0.5, 0.6) is 0 Å². The van der Waals surface area contributed by atoms with Gasteiger partial charge in [-0.05, 0) is 36.4 Å². The van der Waals surface area contributed by atoms with Crippen LogP contribution in [0, 0.1) is 0 Å². The van der Waals surface area contributed by atoms with E-state index in [-0.39, 0.29) is 0 Å². The first-order chi connectivity index (χ1) is 10.3. The molecule has 0 radical (unpaired) electrons. The van der Waals surface area contributed by atoms with Crippen LogP contribution in [-0.4, -0.2) is 36.2 Å². The predicted molar refractivity (Wildman–Crippen MR) is 86.7 cm³/mol. The van der Waals surface area contributed by atoms with Gasteiger partial charge in [0.15, 0.2) is 0 Å². The van der Waals surface area contributed by atoms with E-state index >= 15 is 0 Å². The number of benzene rings is 1. The van der Waals surface area contributed by atoms with Gasteiger partial charge in [-0.2, -0.15) is 0 Å². The van der Waals surface area contributed by atoms with E-state index in [1.807, 2.05) is 53.7 Å². The zero-order chi connectivity index (χ0) is 14.5. The molecule has 1 fully saturated rings. The van der Waals surface area contributed by atoms with Crippen LogP contribution >= 0.6 is 15.9 Å². The van der Waals surface area contributed by atoms with Crippen molar-refractivity contribution in [1.29, 1.82) is 0 Å². The minimum atomic E-state index is 0.858. The molecule has 0 aliphatic carbocycles. The molecule has 6 heteroatoms. The van der Waals surface area contributed by atoms with E-state index in [1.54, 1.807) is 0 Å². The number of aromatic nitrogens is 1. The van der Waals surface area contributed by atoms with Gasteiger partial charge in [-0.3, -0.25) is 5.01 Å². The smallest absolute Gasteiger partial charge is 0.128 e. The molecule has 5 nitrogen and oxygen atoms in total. The molecule has 0 unspecified atom stereocenters. The van der Waals surface area contributed by atoms with Gasteiger partial charge in [0, 0.05) is 23.8 Å². The van der Waals surface area contributed by atoms with Gasteiger partial charge >= 0.3 is 0 Å². The zero-order valence-corrected chi connectivity index (χ0v) is 13.1. The van der Waals surface area contributed by atoms with Gasteiger partial charge < -0.3 is 4.90 Å². The van der Waals surface area contributed by atoms with Crippen molar-refractivity contribution in [3.05, 3.63) is 53.1 Å². The number of pyridine rings is 1. The molecule has 0 N–H and O–H groups in total. The Bertz CT molecular complexity index is 591. The minimum Gasteiger partial charge on any atom is -0.353 e. The Kier molecular flexibility index (Phi) is 4.45.